The van der Waals surface area contributed by atoms with Crippen LogP contribution in [0.5, 0.6) is 0 Å². The average Bonchev–Trinajstić information content (AvgIpc) is 2.83. The first kappa shape index (κ1) is 22.9. The maximum absolute atomic E-state index is 14.3. The van der Waals surface area contributed by atoms with Crippen LogP contribution >= 0.6 is 0 Å². The minimum atomic E-state index is -4.07. The van der Waals surface area contributed by atoms with Gasteiger partial charge in [0.05, 0.1) is 5.56 Å². The van der Waals surface area contributed by atoms with Gasteiger partial charge >= 0.3 is 5.97 Å². The average molecular weight is 471 g/mol. The van der Waals surface area contributed by atoms with Crippen LogP contribution in [0.25, 0.3) is 10.8 Å². The fourth-order valence-electron chi connectivity index (χ4n) is 3.81. The summed E-state index contributed by atoms with van der Waals surface area (Å²) >= 11 is 0. The molecule has 0 unspecified atom stereocenters. The predicted molar refractivity (Wildman–Crippen MR) is 122 cm³/mol. The van der Waals surface area contributed by atoms with E-state index in [2.05, 4.69) is 5.32 Å². The van der Waals surface area contributed by atoms with E-state index in [0.717, 1.165) is 35.4 Å². The fourth-order valence-corrected chi connectivity index (χ4v) is 5.41. The summed E-state index contributed by atoms with van der Waals surface area (Å²) < 4.78 is 46.3. The number of esters is 1. The molecule has 1 N–H and O–H groups in total. The van der Waals surface area contributed by atoms with Crippen LogP contribution in [0.4, 0.5) is 10.1 Å². The van der Waals surface area contributed by atoms with E-state index in [0.29, 0.717) is 31.6 Å². The monoisotopic (exact) mass is 470 g/mol. The summed E-state index contributed by atoms with van der Waals surface area (Å²) in [5.74, 6) is -2.41. The van der Waals surface area contributed by atoms with Crippen molar-refractivity contribution >= 4 is 38.4 Å². The van der Waals surface area contributed by atoms with Crippen LogP contribution in [0.2, 0.25) is 0 Å². The normalized spacial score (nSPS) is 14.7. The second-order valence-electron chi connectivity index (χ2n) is 7.76. The summed E-state index contributed by atoms with van der Waals surface area (Å²) in [7, 11) is -4.07. The van der Waals surface area contributed by atoms with Gasteiger partial charge in [0.1, 0.15) is 10.7 Å². The molecule has 3 aromatic carbocycles. The van der Waals surface area contributed by atoms with E-state index in [9.17, 15) is 22.4 Å². The van der Waals surface area contributed by atoms with Crippen molar-refractivity contribution in [1.29, 1.82) is 0 Å². The molecule has 0 saturated carbocycles. The van der Waals surface area contributed by atoms with Crippen LogP contribution in [0.3, 0.4) is 0 Å². The highest BCUT2D eigenvalue weighted by Crippen LogP contribution is 2.25. The molecule has 0 radical (unpaired) electrons. The van der Waals surface area contributed by atoms with Crippen molar-refractivity contribution in [2.24, 2.45) is 0 Å². The molecule has 4 rings (SSSR count). The number of hydrogen-bond acceptors (Lipinski definition) is 5. The lowest BCUT2D eigenvalue weighted by atomic mass is 10.1. The third kappa shape index (κ3) is 5.04. The van der Waals surface area contributed by atoms with E-state index in [1.165, 1.54) is 4.31 Å². The zero-order chi connectivity index (χ0) is 23.4. The van der Waals surface area contributed by atoms with Crippen molar-refractivity contribution < 1.29 is 27.1 Å². The van der Waals surface area contributed by atoms with Crippen LogP contribution in [-0.2, 0) is 19.6 Å². The van der Waals surface area contributed by atoms with Crippen molar-refractivity contribution in [1.82, 2.24) is 4.31 Å². The van der Waals surface area contributed by atoms with Crippen molar-refractivity contribution in [3.63, 3.8) is 0 Å². The Balaban J connectivity index is 1.44. The van der Waals surface area contributed by atoms with Crippen molar-refractivity contribution in [2.75, 3.05) is 25.0 Å². The maximum atomic E-state index is 14.3. The highest BCUT2D eigenvalue weighted by Gasteiger charge is 2.29. The van der Waals surface area contributed by atoms with E-state index < -0.39 is 39.2 Å². The van der Waals surface area contributed by atoms with E-state index in [-0.39, 0.29) is 5.56 Å². The molecule has 7 nitrogen and oxygen atoms in total. The van der Waals surface area contributed by atoms with Gasteiger partial charge < -0.3 is 10.1 Å². The molecule has 9 heteroatoms. The molecule has 1 heterocycles. The van der Waals surface area contributed by atoms with Gasteiger partial charge in [-0.25, -0.2) is 17.6 Å². The quantitative estimate of drug-likeness (QED) is 0.551. The Morgan fingerprint density at radius 3 is 2.48 bits per heavy atom. The number of carbonyl (C=O) groups excluding carboxylic acids is 2. The first-order valence-electron chi connectivity index (χ1n) is 10.6. The zero-order valence-corrected chi connectivity index (χ0v) is 18.6. The van der Waals surface area contributed by atoms with Gasteiger partial charge in [-0.1, -0.05) is 42.8 Å². The molecule has 0 atom stereocenters. The van der Waals surface area contributed by atoms with Gasteiger partial charge in [0, 0.05) is 24.2 Å². The number of sulfonamides is 1. The number of rotatable bonds is 6. The molecule has 1 aliphatic rings. The second-order valence-corrected chi connectivity index (χ2v) is 9.67. The van der Waals surface area contributed by atoms with Gasteiger partial charge in [0.25, 0.3) is 5.91 Å². The molecule has 1 saturated heterocycles. The second kappa shape index (κ2) is 9.68. The van der Waals surface area contributed by atoms with Gasteiger partial charge in [-0.3, -0.25) is 4.79 Å². The number of anilines is 1. The van der Waals surface area contributed by atoms with E-state index in [1.54, 1.807) is 12.1 Å². The van der Waals surface area contributed by atoms with Gasteiger partial charge in [0.15, 0.2) is 6.61 Å². The highest BCUT2D eigenvalue weighted by atomic mass is 32.2. The standard InChI is InChI=1S/C24H23FN2O5S/c25-20-12-11-18(15-22(20)33(30,31)27-13-4-1-5-14-27)24(29)32-16-23(28)26-21-10-6-8-17-7-2-3-9-19(17)21/h2-3,6-12,15H,1,4-5,13-14,16H2,(H,26,28). The third-order valence-electron chi connectivity index (χ3n) is 5.50. The van der Waals surface area contributed by atoms with Gasteiger partial charge in [-0.15, -0.1) is 0 Å². The van der Waals surface area contributed by atoms with Crippen LogP contribution in [-0.4, -0.2) is 44.3 Å². The smallest absolute Gasteiger partial charge is 0.338 e. The van der Waals surface area contributed by atoms with Crippen LogP contribution in [0.1, 0.15) is 29.6 Å². The SMILES string of the molecule is O=C(COC(=O)c1ccc(F)c(S(=O)(=O)N2CCCCC2)c1)Nc1cccc2ccccc12. The lowest BCUT2D eigenvalue weighted by Crippen LogP contribution is -2.36. The molecule has 1 aliphatic heterocycles. The number of halogens is 1. The predicted octanol–water partition coefficient (Wildman–Crippen LogP) is 3.95. The Morgan fingerprint density at radius 1 is 0.970 bits per heavy atom. The summed E-state index contributed by atoms with van der Waals surface area (Å²) in [6.07, 6.45) is 2.32. The number of nitrogens with zero attached hydrogens (tertiary/aromatic N) is 1. The van der Waals surface area contributed by atoms with E-state index in [4.69, 9.17) is 4.74 Å². The lowest BCUT2D eigenvalue weighted by molar-refractivity contribution is -0.119. The zero-order valence-electron chi connectivity index (χ0n) is 17.8. The number of carbonyl (C=O) groups is 2. The molecule has 3 aromatic rings. The number of fused-ring (bicyclic) bond motifs is 1. The summed E-state index contributed by atoms with van der Waals surface area (Å²) in [6.45, 7) is 0.0449. The van der Waals surface area contributed by atoms with Gasteiger partial charge in [-0.2, -0.15) is 4.31 Å². The lowest BCUT2D eigenvalue weighted by Gasteiger charge is -2.26. The molecule has 0 aliphatic carbocycles. The summed E-state index contributed by atoms with van der Waals surface area (Å²) in [5.41, 5.74) is 0.427. The van der Waals surface area contributed by atoms with Crippen LogP contribution in [0, 0.1) is 5.82 Å². The molecule has 33 heavy (non-hydrogen) atoms. The van der Waals surface area contributed by atoms with Crippen LogP contribution in [0.15, 0.2) is 65.6 Å². The first-order chi connectivity index (χ1) is 15.9. The highest BCUT2D eigenvalue weighted by molar-refractivity contribution is 7.89. The number of benzene rings is 3. The van der Waals surface area contributed by atoms with Crippen molar-refractivity contribution in [2.45, 2.75) is 24.2 Å². The van der Waals surface area contributed by atoms with Gasteiger partial charge in [-0.05, 0) is 42.5 Å². The molecule has 172 valence electrons. The fraction of sp³-hybridized carbons (Fsp3) is 0.250. The minimum Gasteiger partial charge on any atom is -0.452 e. The molecule has 0 bridgehead atoms. The van der Waals surface area contributed by atoms with Crippen molar-refractivity contribution in [3.05, 3.63) is 72.0 Å². The maximum Gasteiger partial charge on any atom is 0.338 e. The Morgan fingerprint density at radius 2 is 1.70 bits per heavy atom. The van der Waals surface area contributed by atoms with E-state index >= 15 is 0 Å². The Labute approximate surface area is 191 Å². The minimum absolute atomic E-state index is 0.148. The van der Waals surface area contributed by atoms with E-state index in [1.807, 2.05) is 30.3 Å². The summed E-state index contributed by atoms with van der Waals surface area (Å²) in [4.78, 5) is 24.2. The molecular formula is C24H23FN2O5S. The number of nitrogens with one attached hydrogen (secondary N) is 1. The Hall–Kier alpha value is -3.30. The Kier molecular flexibility index (Phi) is 6.71. The number of ether oxygens (including phenoxy) is 1. The Bertz CT molecular complexity index is 1300. The number of piperidine rings is 1. The summed E-state index contributed by atoms with van der Waals surface area (Å²) in [5, 5.41) is 4.48. The first-order valence-corrected chi connectivity index (χ1v) is 12.0. The number of hydrogen-bond donors (Lipinski definition) is 1. The molecule has 1 amide bonds. The molecular weight excluding hydrogens is 447 g/mol. The summed E-state index contributed by atoms with van der Waals surface area (Å²) in [6, 6.07) is 16.0. The number of amides is 1. The van der Waals surface area contributed by atoms with Crippen molar-refractivity contribution in [3.8, 4) is 0 Å². The largest absolute Gasteiger partial charge is 0.452 e. The third-order valence-corrected chi connectivity index (χ3v) is 7.41. The molecule has 1 fully saturated rings. The van der Waals surface area contributed by atoms with Gasteiger partial charge in [0.2, 0.25) is 10.0 Å². The topological polar surface area (TPSA) is 92.8 Å². The van der Waals surface area contributed by atoms with Crippen LogP contribution < -0.4 is 5.32 Å². The molecule has 0 spiro atoms. The molecule has 0 aromatic heterocycles.